The molecule has 11 heteroatoms. The minimum Gasteiger partial charge on any atom is -0.444 e. The van der Waals surface area contributed by atoms with E-state index in [0.29, 0.717) is 21.3 Å². The molecule has 3 rings (SSSR count). The Balaban J connectivity index is 2.08. The van der Waals surface area contributed by atoms with Crippen molar-refractivity contribution in [3.63, 3.8) is 0 Å². The zero-order valence-electron chi connectivity index (χ0n) is 19.8. The van der Waals surface area contributed by atoms with Gasteiger partial charge in [0, 0.05) is 15.9 Å². The molecule has 0 saturated heterocycles. The summed E-state index contributed by atoms with van der Waals surface area (Å²) < 4.78 is 48.1. The number of amides is 1. The highest BCUT2D eigenvalue weighted by molar-refractivity contribution is 9.10. The van der Waals surface area contributed by atoms with E-state index in [2.05, 4.69) is 31.1 Å². The Labute approximate surface area is 213 Å². The number of ether oxygens (including phenoxy) is 1. The number of aryl methyl sites for hydroxylation is 1. The average molecular weight is 563 g/mol. The fraction of sp³-hybridized carbons (Fsp3) is 0.280. The van der Waals surface area contributed by atoms with Crippen LogP contribution in [0, 0.1) is 13.5 Å². The van der Waals surface area contributed by atoms with Gasteiger partial charge < -0.3 is 9.30 Å². The second-order valence-corrected chi connectivity index (χ2v) is 9.78. The second-order valence-electron chi connectivity index (χ2n) is 8.87. The molecule has 1 aromatic carbocycles. The summed E-state index contributed by atoms with van der Waals surface area (Å²) in [5.41, 5.74) is -2.74. The number of anilines is 1. The Hall–Kier alpha value is -3.65. The van der Waals surface area contributed by atoms with Gasteiger partial charge in [0.05, 0.1) is 18.7 Å². The van der Waals surface area contributed by atoms with Crippen LogP contribution < -0.4 is 10.9 Å². The average Bonchev–Trinajstić information content (AvgIpc) is 2.75. The lowest BCUT2D eigenvalue weighted by Crippen LogP contribution is -2.27. The van der Waals surface area contributed by atoms with Gasteiger partial charge in [-0.15, -0.1) is 0 Å². The van der Waals surface area contributed by atoms with Gasteiger partial charge in [-0.25, -0.2) is 14.6 Å². The molecule has 0 atom stereocenters. The van der Waals surface area contributed by atoms with E-state index in [1.165, 1.54) is 6.07 Å². The number of nitrogens with zero attached hydrogens (tertiary/aromatic N) is 3. The number of nitrogens with one attached hydrogen (secondary N) is 1. The largest absolute Gasteiger partial charge is 0.444 e. The number of alkyl halides is 3. The number of benzene rings is 1. The van der Waals surface area contributed by atoms with E-state index in [-0.39, 0.29) is 18.1 Å². The van der Waals surface area contributed by atoms with Crippen LogP contribution in [-0.2, 0) is 17.5 Å². The molecular formula is C25H22BrF3N4O3. The fourth-order valence-corrected chi connectivity index (χ4v) is 3.65. The van der Waals surface area contributed by atoms with Crippen LogP contribution in [0.15, 0.2) is 51.7 Å². The van der Waals surface area contributed by atoms with Crippen LogP contribution in [0.5, 0.6) is 0 Å². The maximum atomic E-state index is 13.7. The summed E-state index contributed by atoms with van der Waals surface area (Å²) in [5.74, 6) is 0.209. The minimum atomic E-state index is -4.88. The molecule has 188 valence electrons. The normalized spacial score (nSPS) is 11.6. The summed E-state index contributed by atoms with van der Waals surface area (Å²) in [4.78, 5) is 32.4. The summed E-state index contributed by atoms with van der Waals surface area (Å²) >= 11 is 3.29. The third kappa shape index (κ3) is 6.31. The van der Waals surface area contributed by atoms with Gasteiger partial charge in [0.2, 0.25) is 0 Å². The molecule has 0 aliphatic rings. The van der Waals surface area contributed by atoms with E-state index in [9.17, 15) is 22.8 Å². The zero-order chi connectivity index (χ0) is 26.8. The molecule has 0 radical (unpaired) electrons. The maximum Gasteiger partial charge on any atom is 0.413 e. The van der Waals surface area contributed by atoms with Crippen LogP contribution in [0.1, 0.15) is 37.6 Å². The Morgan fingerprint density at radius 3 is 2.33 bits per heavy atom. The Bertz CT molecular complexity index is 1400. The van der Waals surface area contributed by atoms with Crippen molar-refractivity contribution in [2.45, 2.75) is 46.0 Å². The minimum absolute atomic E-state index is 0.00239. The number of aromatic nitrogens is 2. The van der Waals surface area contributed by atoms with Crippen LogP contribution in [0.3, 0.4) is 0 Å². The van der Waals surface area contributed by atoms with Crippen molar-refractivity contribution >= 4 is 33.5 Å². The quantitative estimate of drug-likeness (QED) is 0.349. The van der Waals surface area contributed by atoms with Gasteiger partial charge in [-0.1, -0.05) is 34.1 Å². The zero-order valence-corrected chi connectivity index (χ0v) is 21.4. The molecule has 1 amide bonds. The van der Waals surface area contributed by atoms with Crippen LogP contribution in [0.4, 0.5) is 29.5 Å². The SMILES string of the molecule is [C-]#[N+]c1c(C(F)(F)F)cc(-c2ccc(Br)cc2)n(Cc2ccc(NC(=O)OC(C)(C)C)nc2C)c1=O. The molecule has 0 saturated carbocycles. The molecule has 0 fully saturated rings. The molecule has 7 nitrogen and oxygen atoms in total. The predicted octanol–water partition coefficient (Wildman–Crippen LogP) is 6.95. The van der Waals surface area contributed by atoms with Gasteiger partial charge in [0.15, 0.2) is 0 Å². The first-order valence-corrected chi connectivity index (χ1v) is 11.4. The number of halogens is 4. The first-order valence-electron chi connectivity index (χ1n) is 10.6. The summed E-state index contributed by atoms with van der Waals surface area (Å²) in [6.07, 6.45) is -5.57. The highest BCUT2D eigenvalue weighted by atomic mass is 79.9. The molecule has 2 aromatic heterocycles. The summed E-state index contributed by atoms with van der Waals surface area (Å²) in [5, 5.41) is 2.52. The van der Waals surface area contributed by atoms with Crippen molar-refractivity contribution in [3.8, 4) is 11.3 Å². The van der Waals surface area contributed by atoms with Gasteiger partial charge in [-0.2, -0.15) is 13.2 Å². The highest BCUT2D eigenvalue weighted by Crippen LogP contribution is 2.37. The number of hydrogen-bond acceptors (Lipinski definition) is 4. The number of carbonyl (C=O) groups is 1. The summed E-state index contributed by atoms with van der Waals surface area (Å²) in [6, 6.07) is 10.4. The first-order chi connectivity index (χ1) is 16.7. The monoisotopic (exact) mass is 562 g/mol. The van der Waals surface area contributed by atoms with Gasteiger partial charge in [-0.3, -0.25) is 10.1 Å². The van der Waals surface area contributed by atoms with Crippen molar-refractivity contribution in [2.24, 2.45) is 0 Å². The predicted molar refractivity (Wildman–Crippen MR) is 133 cm³/mol. The molecule has 0 unspecified atom stereocenters. The standard InChI is InChI=1S/C25H22BrF3N4O3/c1-14-16(8-11-20(31-14)32-23(35)36-24(2,3)4)13-33-19(15-6-9-17(26)10-7-15)12-18(25(27,28)29)21(30-5)22(33)34/h6-12H,13H2,1-4H3,(H,31,32,35). The second kappa shape index (κ2) is 10.1. The molecular weight excluding hydrogens is 541 g/mol. The number of rotatable bonds is 4. The smallest absolute Gasteiger partial charge is 0.413 e. The van der Waals surface area contributed by atoms with Crippen LogP contribution in [0.25, 0.3) is 16.1 Å². The third-order valence-electron chi connectivity index (χ3n) is 4.98. The van der Waals surface area contributed by atoms with Crippen LogP contribution in [0.2, 0.25) is 0 Å². The van der Waals surface area contributed by atoms with Crippen LogP contribution in [-0.4, -0.2) is 21.2 Å². The summed E-state index contributed by atoms with van der Waals surface area (Å²) in [7, 11) is 0. The maximum absolute atomic E-state index is 13.7. The topological polar surface area (TPSA) is 77.6 Å². The molecule has 0 aliphatic heterocycles. The van der Waals surface area contributed by atoms with E-state index < -0.39 is 34.7 Å². The van der Waals surface area contributed by atoms with Crippen molar-refractivity contribution in [1.29, 1.82) is 0 Å². The molecule has 3 aromatic rings. The van der Waals surface area contributed by atoms with E-state index in [4.69, 9.17) is 11.3 Å². The van der Waals surface area contributed by atoms with Gasteiger partial charge >= 0.3 is 12.3 Å². The third-order valence-corrected chi connectivity index (χ3v) is 5.51. The molecule has 0 aliphatic carbocycles. The van der Waals surface area contributed by atoms with E-state index in [0.717, 1.165) is 10.6 Å². The number of hydrogen-bond donors (Lipinski definition) is 1. The molecule has 0 bridgehead atoms. The van der Waals surface area contributed by atoms with Gasteiger partial charge in [0.25, 0.3) is 11.2 Å². The number of pyridine rings is 2. The molecule has 0 spiro atoms. The van der Waals surface area contributed by atoms with Crippen LogP contribution >= 0.6 is 15.9 Å². The van der Waals surface area contributed by atoms with Crippen molar-refractivity contribution < 1.29 is 22.7 Å². The van der Waals surface area contributed by atoms with E-state index >= 15 is 0 Å². The lowest BCUT2D eigenvalue weighted by molar-refractivity contribution is -0.136. The van der Waals surface area contributed by atoms with E-state index in [1.807, 2.05) is 0 Å². The highest BCUT2D eigenvalue weighted by Gasteiger charge is 2.36. The van der Waals surface area contributed by atoms with Crippen molar-refractivity contribution in [2.75, 3.05) is 5.32 Å². The van der Waals surface area contributed by atoms with Gasteiger partial charge in [0.1, 0.15) is 11.4 Å². The number of carbonyl (C=O) groups excluding carboxylic acids is 1. The lowest BCUT2D eigenvalue weighted by atomic mass is 10.1. The first kappa shape index (κ1) is 26.9. The van der Waals surface area contributed by atoms with Crippen molar-refractivity contribution in [3.05, 3.63) is 85.5 Å². The van der Waals surface area contributed by atoms with Gasteiger partial charge in [-0.05, 0) is 63.1 Å². The lowest BCUT2D eigenvalue weighted by Gasteiger charge is -2.20. The Morgan fingerprint density at radius 1 is 1.17 bits per heavy atom. The molecule has 2 heterocycles. The van der Waals surface area contributed by atoms with E-state index in [1.54, 1.807) is 58.0 Å². The Morgan fingerprint density at radius 2 is 1.81 bits per heavy atom. The fourth-order valence-electron chi connectivity index (χ4n) is 3.38. The Kier molecular flexibility index (Phi) is 7.59. The van der Waals surface area contributed by atoms with Crippen molar-refractivity contribution in [1.82, 2.24) is 9.55 Å². The molecule has 36 heavy (non-hydrogen) atoms. The molecule has 1 N–H and O–H groups in total. The summed E-state index contributed by atoms with van der Waals surface area (Å²) in [6.45, 7) is 13.9.